The van der Waals surface area contributed by atoms with Crippen LogP contribution in [0.5, 0.6) is 0 Å². The fourth-order valence-corrected chi connectivity index (χ4v) is 2.63. The topological polar surface area (TPSA) is 38.0 Å². The Morgan fingerprint density at radius 1 is 1.20 bits per heavy atom. The summed E-state index contributed by atoms with van der Waals surface area (Å²) in [5.74, 6) is 0. The van der Waals surface area contributed by atoms with Crippen molar-refractivity contribution in [2.75, 3.05) is 11.1 Å². The molecule has 0 atom stereocenters. The molecule has 0 radical (unpaired) electrons. The van der Waals surface area contributed by atoms with Gasteiger partial charge in [-0.15, -0.1) is 0 Å². The lowest BCUT2D eigenvalue weighted by molar-refractivity contribution is 0.462. The smallest absolute Gasteiger partial charge is 0.0488 e. The van der Waals surface area contributed by atoms with Crippen molar-refractivity contribution in [3.8, 4) is 0 Å². The predicted molar refractivity (Wildman–Crippen MR) is 69.1 cm³/mol. The van der Waals surface area contributed by atoms with Gasteiger partial charge in [-0.25, -0.2) is 0 Å². The quantitative estimate of drug-likeness (QED) is 0.802. The molecule has 0 aromatic heterocycles. The van der Waals surface area contributed by atoms with Gasteiger partial charge in [-0.2, -0.15) is 0 Å². The Kier molecular flexibility index (Phi) is 3.52. The van der Waals surface area contributed by atoms with Crippen LogP contribution in [-0.2, 0) is 0 Å². The summed E-state index contributed by atoms with van der Waals surface area (Å²) >= 11 is 3.53. The molecular weight excluding hydrogens is 252 g/mol. The van der Waals surface area contributed by atoms with Gasteiger partial charge in [0.15, 0.2) is 0 Å². The summed E-state index contributed by atoms with van der Waals surface area (Å²) in [4.78, 5) is 0. The molecule has 1 fully saturated rings. The van der Waals surface area contributed by atoms with E-state index in [4.69, 9.17) is 5.73 Å². The van der Waals surface area contributed by atoms with Gasteiger partial charge >= 0.3 is 0 Å². The molecule has 1 aromatic carbocycles. The monoisotopic (exact) mass is 268 g/mol. The van der Waals surface area contributed by atoms with Crippen molar-refractivity contribution >= 4 is 27.3 Å². The number of nitrogens with two attached hydrogens (primary N) is 1. The van der Waals surface area contributed by atoms with E-state index in [1.165, 1.54) is 32.1 Å². The third-order valence-corrected chi connectivity index (χ3v) is 3.61. The highest BCUT2D eigenvalue weighted by Gasteiger charge is 2.13. The Morgan fingerprint density at radius 3 is 2.60 bits per heavy atom. The standard InChI is InChI=1S/C12H17BrN2/c13-11-8-9(14)6-7-12(11)15-10-4-2-1-3-5-10/h6-8,10,15H,1-5,14H2. The fourth-order valence-electron chi connectivity index (χ4n) is 2.12. The van der Waals surface area contributed by atoms with Gasteiger partial charge in [0, 0.05) is 21.9 Å². The van der Waals surface area contributed by atoms with Crippen LogP contribution >= 0.6 is 15.9 Å². The molecule has 3 N–H and O–H groups in total. The average molecular weight is 269 g/mol. The van der Waals surface area contributed by atoms with Gasteiger partial charge in [0.25, 0.3) is 0 Å². The fraction of sp³-hybridized carbons (Fsp3) is 0.500. The molecule has 1 aliphatic carbocycles. The molecule has 1 aromatic rings. The first-order chi connectivity index (χ1) is 7.25. The van der Waals surface area contributed by atoms with Crippen molar-refractivity contribution in [3.63, 3.8) is 0 Å². The van der Waals surface area contributed by atoms with Crippen LogP contribution in [0, 0.1) is 0 Å². The second-order valence-corrected chi connectivity index (χ2v) is 5.07. The summed E-state index contributed by atoms with van der Waals surface area (Å²) in [5.41, 5.74) is 7.67. The number of hydrogen-bond acceptors (Lipinski definition) is 2. The van der Waals surface area contributed by atoms with E-state index in [0.29, 0.717) is 6.04 Å². The molecule has 0 bridgehead atoms. The lowest BCUT2D eigenvalue weighted by Gasteiger charge is -2.24. The maximum atomic E-state index is 5.70. The van der Waals surface area contributed by atoms with Gasteiger partial charge in [-0.05, 0) is 47.0 Å². The molecule has 0 aliphatic heterocycles. The zero-order chi connectivity index (χ0) is 10.7. The number of halogens is 1. The maximum Gasteiger partial charge on any atom is 0.0488 e. The minimum atomic E-state index is 0.638. The molecule has 0 heterocycles. The minimum absolute atomic E-state index is 0.638. The SMILES string of the molecule is Nc1ccc(NC2CCCCC2)c(Br)c1. The molecule has 0 spiro atoms. The highest BCUT2D eigenvalue weighted by atomic mass is 79.9. The molecule has 1 aliphatic rings. The zero-order valence-electron chi connectivity index (χ0n) is 8.80. The van der Waals surface area contributed by atoms with E-state index in [1.54, 1.807) is 0 Å². The average Bonchev–Trinajstić information content (AvgIpc) is 2.24. The number of benzene rings is 1. The number of nitrogen functional groups attached to an aromatic ring is 1. The van der Waals surface area contributed by atoms with Crippen LogP contribution in [0.15, 0.2) is 22.7 Å². The summed E-state index contributed by atoms with van der Waals surface area (Å²) in [6.45, 7) is 0. The third-order valence-electron chi connectivity index (χ3n) is 2.96. The highest BCUT2D eigenvalue weighted by molar-refractivity contribution is 9.10. The van der Waals surface area contributed by atoms with Crippen molar-refractivity contribution < 1.29 is 0 Å². The molecule has 15 heavy (non-hydrogen) atoms. The van der Waals surface area contributed by atoms with Gasteiger partial charge in [0.2, 0.25) is 0 Å². The second kappa shape index (κ2) is 4.88. The first kappa shape index (κ1) is 10.8. The van der Waals surface area contributed by atoms with Gasteiger partial charge in [0.1, 0.15) is 0 Å². The van der Waals surface area contributed by atoms with Crippen LogP contribution in [0.2, 0.25) is 0 Å². The van der Waals surface area contributed by atoms with E-state index in [1.807, 2.05) is 18.2 Å². The Labute approximate surface area is 99.4 Å². The molecule has 0 unspecified atom stereocenters. The zero-order valence-corrected chi connectivity index (χ0v) is 10.4. The largest absolute Gasteiger partial charge is 0.399 e. The summed E-state index contributed by atoms with van der Waals surface area (Å²) in [5, 5.41) is 3.57. The third kappa shape index (κ3) is 2.88. The summed E-state index contributed by atoms with van der Waals surface area (Å²) in [6, 6.07) is 6.58. The van der Waals surface area contributed by atoms with Crippen LogP contribution < -0.4 is 11.1 Å². The first-order valence-electron chi connectivity index (χ1n) is 5.57. The van der Waals surface area contributed by atoms with E-state index >= 15 is 0 Å². The number of hydrogen-bond donors (Lipinski definition) is 2. The molecule has 0 amide bonds. The second-order valence-electron chi connectivity index (χ2n) is 4.22. The van der Waals surface area contributed by atoms with Gasteiger partial charge in [-0.1, -0.05) is 19.3 Å². The number of anilines is 2. The minimum Gasteiger partial charge on any atom is -0.399 e. The maximum absolute atomic E-state index is 5.70. The number of nitrogens with one attached hydrogen (secondary N) is 1. The van der Waals surface area contributed by atoms with Crippen molar-refractivity contribution in [1.82, 2.24) is 0 Å². The van der Waals surface area contributed by atoms with Gasteiger partial charge in [0.05, 0.1) is 0 Å². The highest BCUT2D eigenvalue weighted by Crippen LogP contribution is 2.28. The Hall–Kier alpha value is -0.700. The van der Waals surface area contributed by atoms with Gasteiger partial charge in [-0.3, -0.25) is 0 Å². The van der Waals surface area contributed by atoms with E-state index in [-0.39, 0.29) is 0 Å². The number of rotatable bonds is 2. The van der Waals surface area contributed by atoms with Crippen LogP contribution in [0.4, 0.5) is 11.4 Å². The lowest BCUT2D eigenvalue weighted by atomic mass is 9.95. The Bertz CT molecular complexity index is 332. The predicted octanol–water partition coefficient (Wildman–Crippen LogP) is 3.78. The van der Waals surface area contributed by atoms with Crippen molar-refractivity contribution in [3.05, 3.63) is 22.7 Å². The van der Waals surface area contributed by atoms with Crippen LogP contribution in [0.3, 0.4) is 0 Å². The summed E-state index contributed by atoms with van der Waals surface area (Å²) in [6.07, 6.45) is 6.67. The molecule has 3 heteroatoms. The molecule has 2 rings (SSSR count). The van der Waals surface area contributed by atoms with E-state index in [0.717, 1.165) is 15.8 Å². The van der Waals surface area contributed by atoms with Crippen molar-refractivity contribution in [1.29, 1.82) is 0 Å². The molecule has 1 saturated carbocycles. The lowest BCUT2D eigenvalue weighted by Crippen LogP contribution is -2.22. The summed E-state index contributed by atoms with van der Waals surface area (Å²) < 4.78 is 1.06. The van der Waals surface area contributed by atoms with Crippen LogP contribution in [-0.4, -0.2) is 6.04 Å². The molecule has 82 valence electrons. The molecule has 0 saturated heterocycles. The van der Waals surface area contributed by atoms with Gasteiger partial charge < -0.3 is 11.1 Å². The van der Waals surface area contributed by atoms with Crippen molar-refractivity contribution in [2.45, 2.75) is 38.1 Å². The van der Waals surface area contributed by atoms with E-state index in [2.05, 4.69) is 21.2 Å². The first-order valence-corrected chi connectivity index (χ1v) is 6.36. The van der Waals surface area contributed by atoms with Crippen molar-refractivity contribution in [2.24, 2.45) is 0 Å². The van der Waals surface area contributed by atoms with Crippen LogP contribution in [0.25, 0.3) is 0 Å². The molecule has 2 nitrogen and oxygen atoms in total. The Morgan fingerprint density at radius 2 is 1.93 bits per heavy atom. The van der Waals surface area contributed by atoms with E-state index in [9.17, 15) is 0 Å². The Balaban J connectivity index is 2.03. The molecular formula is C12H17BrN2. The normalized spacial score (nSPS) is 17.7. The summed E-state index contributed by atoms with van der Waals surface area (Å²) in [7, 11) is 0. The van der Waals surface area contributed by atoms with Crippen LogP contribution in [0.1, 0.15) is 32.1 Å². The van der Waals surface area contributed by atoms with E-state index < -0.39 is 0 Å².